The molecule has 3 heterocycles. The maximum atomic E-state index is 12.7. The van der Waals surface area contributed by atoms with Crippen molar-refractivity contribution >= 4 is 18.7 Å². The van der Waals surface area contributed by atoms with Crippen molar-refractivity contribution in [3.05, 3.63) is 104 Å². The van der Waals surface area contributed by atoms with E-state index in [4.69, 9.17) is 13.9 Å². The van der Waals surface area contributed by atoms with Crippen molar-refractivity contribution in [1.82, 2.24) is 9.55 Å². The number of hydrogen-bond donors (Lipinski definition) is 1. The zero-order chi connectivity index (χ0) is 27.1. The molecule has 0 spiro atoms. The van der Waals surface area contributed by atoms with Crippen LogP contribution in [0.2, 0.25) is 5.04 Å². The molecule has 0 aliphatic carbocycles. The molecule has 0 saturated carbocycles. The van der Waals surface area contributed by atoms with E-state index in [1.54, 1.807) is 6.92 Å². The van der Waals surface area contributed by atoms with Gasteiger partial charge in [0.25, 0.3) is 13.9 Å². The first-order valence-electron chi connectivity index (χ1n) is 12.5. The van der Waals surface area contributed by atoms with E-state index in [2.05, 4.69) is 60.0 Å². The Labute approximate surface area is 220 Å². The fraction of sp³-hybridized carbons (Fsp3) is 0.407. The van der Waals surface area contributed by atoms with E-state index >= 15 is 0 Å². The van der Waals surface area contributed by atoms with Gasteiger partial charge in [-0.3, -0.25) is 14.3 Å². The highest BCUT2D eigenvalue weighted by Crippen LogP contribution is 2.48. The third-order valence-electron chi connectivity index (χ3n) is 7.55. The second-order valence-corrected chi connectivity index (χ2v) is 15.2. The summed E-state index contributed by atoms with van der Waals surface area (Å²) in [5, 5.41) is 5.99. The molecule has 2 aromatic carbocycles. The summed E-state index contributed by atoms with van der Waals surface area (Å²) in [6.07, 6.45) is -0.151. The molecular formula is C27H31N5O5Si. The van der Waals surface area contributed by atoms with Crippen LogP contribution in [0.25, 0.3) is 10.4 Å². The van der Waals surface area contributed by atoms with Gasteiger partial charge in [0.15, 0.2) is 6.23 Å². The number of aromatic nitrogens is 2. The first-order chi connectivity index (χ1) is 18.1. The van der Waals surface area contributed by atoms with Crippen LogP contribution in [0.4, 0.5) is 0 Å². The number of aromatic amines is 1. The van der Waals surface area contributed by atoms with Crippen molar-refractivity contribution in [2.45, 2.75) is 56.7 Å². The second kappa shape index (κ2) is 9.68. The van der Waals surface area contributed by atoms with E-state index in [1.807, 2.05) is 36.4 Å². The van der Waals surface area contributed by atoms with Gasteiger partial charge in [0.05, 0.1) is 13.2 Å². The fourth-order valence-corrected chi connectivity index (χ4v) is 10.3. The van der Waals surface area contributed by atoms with Gasteiger partial charge in [0.1, 0.15) is 17.7 Å². The summed E-state index contributed by atoms with van der Waals surface area (Å²) in [4.78, 5) is 30.0. The summed E-state index contributed by atoms with van der Waals surface area (Å²) in [5.41, 5.74) is 7.56. The van der Waals surface area contributed by atoms with Crippen LogP contribution in [0.5, 0.6) is 0 Å². The molecule has 1 N–H and O–H groups in total. The number of aryl methyl sites for hydroxylation is 1. The number of ether oxygens (including phenoxy) is 2. The van der Waals surface area contributed by atoms with Crippen LogP contribution < -0.4 is 21.6 Å². The number of nitrogens with zero attached hydrogens (tertiary/aromatic N) is 4. The number of hydrogen-bond acceptors (Lipinski definition) is 6. The normalized spacial score (nSPS) is 24.8. The molecule has 2 saturated heterocycles. The Morgan fingerprint density at radius 1 is 1.13 bits per heavy atom. The van der Waals surface area contributed by atoms with Crippen LogP contribution in [-0.4, -0.2) is 48.8 Å². The third kappa shape index (κ3) is 4.13. The number of azide groups is 1. The van der Waals surface area contributed by atoms with Gasteiger partial charge < -0.3 is 13.9 Å². The lowest BCUT2D eigenvalue weighted by molar-refractivity contribution is -0.183. The quantitative estimate of drug-likeness (QED) is 0.216. The van der Waals surface area contributed by atoms with Gasteiger partial charge in [-0.15, -0.1) is 0 Å². The average Bonchev–Trinajstić information content (AvgIpc) is 3.39. The first-order valence-corrected chi connectivity index (χ1v) is 14.4. The maximum Gasteiger partial charge on any atom is 0.330 e. The van der Waals surface area contributed by atoms with Crippen molar-refractivity contribution < 1.29 is 13.9 Å². The van der Waals surface area contributed by atoms with E-state index in [-0.39, 0.29) is 18.3 Å². The zero-order valence-corrected chi connectivity index (χ0v) is 22.8. The Balaban J connectivity index is 1.58. The monoisotopic (exact) mass is 533 g/mol. The zero-order valence-electron chi connectivity index (χ0n) is 21.8. The molecule has 3 aromatic rings. The Morgan fingerprint density at radius 2 is 1.74 bits per heavy atom. The lowest BCUT2D eigenvalue weighted by Gasteiger charge is -2.45. The highest BCUT2D eigenvalue weighted by Gasteiger charge is 2.63. The van der Waals surface area contributed by atoms with E-state index in [0.29, 0.717) is 5.56 Å². The summed E-state index contributed by atoms with van der Waals surface area (Å²) in [5.74, 6) is 0. The molecule has 2 bridgehead atoms. The van der Waals surface area contributed by atoms with Gasteiger partial charge >= 0.3 is 5.69 Å². The molecule has 4 atom stereocenters. The smallest absolute Gasteiger partial charge is 0.330 e. The number of benzene rings is 2. The summed E-state index contributed by atoms with van der Waals surface area (Å²) in [7, 11) is -2.93. The molecule has 198 valence electrons. The van der Waals surface area contributed by atoms with Crippen LogP contribution in [0.1, 0.15) is 32.6 Å². The number of H-pyrrole nitrogens is 1. The lowest BCUT2D eigenvalue weighted by Crippen LogP contribution is -2.68. The predicted molar refractivity (Wildman–Crippen MR) is 145 cm³/mol. The van der Waals surface area contributed by atoms with Crippen molar-refractivity contribution in [1.29, 1.82) is 0 Å². The van der Waals surface area contributed by atoms with Crippen LogP contribution >= 0.6 is 0 Å². The summed E-state index contributed by atoms with van der Waals surface area (Å²) in [6.45, 7) is 8.38. The molecule has 2 aliphatic heterocycles. The van der Waals surface area contributed by atoms with Gasteiger partial charge in [-0.1, -0.05) is 86.5 Å². The van der Waals surface area contributed by atoms with Crippen molar-refractivity contribution in [3.63, 3.8) is 0 Å². The SMILES string of the molecule is Cc1cn(C2OC3(CO[Si](c4ccccc4)(c4ccccc4)C(C)(C)C)COC2C3N=[N+]=[N-])c(=O)[nH]c1=O. The average molecular weight is 534 g/mol. The first kappa shape index (κ1) is 26.1. The van der Waals surface area contributed by atoms with Gasteiger partial charge in [0.2, 0.25) is 0 Å². The van der Waals surface area contributed by atoms with Crippen LogP contribution in [0, 0.1) is 6.92 Å². The van der Waals surface area contributed by atoms with Gasteiger partial charge in [-0.05, 0) is 27.9 Å². The topological polar surface area (TPSA) is 131 Å². The van der Waals surface area contributed by atoms with E-state index in [0.717, 1.165) is 10.4 Å². The molecule has 2 fully saturated rings. The highest BCUT2D eigenvalue weighted by molar-refractivity contribution is 6.99. The van der Waals surface area contributed by atoms with Crippen molar-refractivity contribution in [3.8, 4) is 0 Å². The van der Waals surface area contributed by atoms with E-state index < -0.39 is 43.5 Å². The van der Waals surface area contributed by atoms with Crippen molar-refractivity contribution in [2.75, 3.05) is 13.2 Å². The lowest BCUT2D eigenvalue weighted by atomic mass is 9.98. The number of fused-ring (bicyclic) bond motifs is 2. The van der Waals surface area contributed by atoms with Crippen molar-refractivity contribution in [2.24, 2.45) is 5.11 Å². The molecule has 2 aliphatic rings. The van der Waals surface area contributed by atoms with Gasteiger partial charge in [-0.2, -0.15) is 0 Å². The van der Waals surface area contributed by atoms with Crippen LogP contribution in [0.3, 0.4) is 0 Å². The third-order valence-corrected chi connectivity index (χ3v) is 12.5. The molecule has 4 unspecified atom stereocenters. The largest absolute Gasteiger partial charge is 0.404 e. The summed E-state index contributed by atoms with van der Waals surface area (Å²) >= 11 is 0. The molecule has 1 aromatic heterocycles. The molecule has 38 heavy (non-hydrogen) atoms. The van der Waals surface area contributed by atoms with Crippen LogP contribution in [0.15, 0.2) is 81.6 Å². The standard InChI is InChI=1S/C27H31N5O5Si/c1-18-15-32(25(34)29-23(18)33)24-21-22(30-31-28)27(37-24,16-35-21)17-36-38(26(2,3)4,19-11-7-5-8-12-19)20-13-9-6-10-14-20/h5-15,21-22,24H,16-17H2,1-4H3,(H,29,33,34). The molecule has 11 heteroatoms. The Hall–Kier alpha value is -3.47. The summed E-state index contributed by atoms with van der Waals surface area (Å²) in [6, 6.07) is 19.7. The molecule has 10 nitrogen and oxygen atoms in total. The Bertz CT molecular complexity index is 1440. The summed E-state index contributed by atoms with van der Waals surface area (Å²) < 4.78 is 21.0. The number of nitrogens with one attached hydrogen (secondary N) is 1. The van der Waals surface area contributed by atoms with E-state index in [9.17, 15) is 15.1 Å². The van der Waals surface area contributed by atoms with E-state index in [1.165, 1.54) is 10.8 Å². The molecule has 5 rings (SSSR count). The second-order valence-electron chi connectivity index (χ2n) is 10.9. The molecule has 0 radical (unpaired) electrons. The fourth-order valence-electron chi connectivity index (χ4n) is 5.73. The molecule has 0 amide bonds. The van der Waals surface area contributed by atoms with Gasteiger partial charge in [-0.25, -0.2) is 4.79 Å². The minimum absolute atomic E-state index is 0.0913. The minimum atomic E-state index is -2.93. The Morgan fingerprint density at radius 3 is 2.29 bits per heavy atom. The Kier molecular flexibility index (Phi) is 6.66. The van der Waals surface area contributed by atoms with Crippen LogP contribution in [-0.2, 0) is 13.9 Å². The minimum Gasteiger partial charge on any atom is -0.404 e. The number of rotatable bonds is 7. The predicted octanol–water partition coefficient (Wildman–Crippen LogP) is 2.77. The highest BCUT2D eigenvalue weighted by atomic mass is 28.4. The molecular weight excluding hydrogens is 502 g/mol. The van der Waals surface area contributed by atoms with Gasteiger partial charge in [0, 0.05) is 16.7 Å². The maximum absolute atomic E-state index is 12.7.